The maximum atomic E-state index is 11.5. The van der Waals surface area contributed by atoms with Crippen LogP contribution in [0.15, 0.2) is 12.1 Å². The minimum atomic E-state index is 0.188. The summed E-state index contributed by atoms with van der Waals surface area (Å²) in [4.78, 5) is 11.5. The number of hydrogen-bond donors (Lipinski definition) is 0. The van der Waals surface area contributed by atoms with Crippen LogP contribution in [0.2, 0.25) is 0 Å². The van der Waals surface area contributed by atoms with E-state index in [4.69, 9.17) is 4.74 Å². The van der Waals surface area contributed by atoms with E-state index in [0.717, 1.165) is 22.4 Å². The number of rotatable bonds is 3. The zero-order chi connectivity index (χ0) is 10.7. The summed E-state index contributed by atoms with van der Waals surface area (Å²) < 4.78 is 5.18. The number of carbonyl (C=O) groups excluding carboxylic acids is 1. The molecule has 0 aromatic heterocycles. The standard InChI is InChI=1S/C12H16O2/c1-5-11(13)10-6-9(3)12(14-4)7-8(10)2/h6-7H,5H2,1-4H3. The lowest BCUT2D eigenvalue weighted by Crippen LogP contribution is -2.01. The highest BCUT2D eigenvalue weighted by molar-refractivity contribution is 5.97. The molecule has 0 amide bonds. The molecule has 2 heteroatoms. The van der Waals surface area contributed by atoms with Crippen LogP contribution >= 0.6 is 0 Å². The molecule has 0 fully saturated rings. The molecule has 76 valence electrons. The maximum absolute atomic E-state index is 11.5. The molecule has 0 aliphatic carbocycles. The Morgan fingerprint density at radius 3 is 2.43 bits per heavy atom. The summed E-state index contributed by atoms with van der Waals surface area (Å²) in [6, 6.07) is 3.82. The Morgan fingerprint density at radius 1 is 1.29 bits per heavy atom. The van der Waals surface area contributed by atoms with Gasteiger partial charge in [-0.05, 0) is 37.1 Å². The zero-order valence-electron chi connectivity index (χ0n) is 9.18. The molecule has 0 atom stereocenters. The minimum absolute atomic E-state index is 0.188. The molecule has 0 saturated heterocycles. The topological polar surface area (TPSA) is 26.3 Å². The van der Waals surface area contributed by atoms with Crippen molar-refractivity contribution in [1.29, 1.82) is 0 Å². The van der Waals surface area contributed by atoms with E-state index < -0.39 is 0 Å². The Kier molecular flexibility index (Phi) is 3.28. The molecule has 2 nitrogen and oxygen atoms in total. The predicted octanol–water partition coefficient (Wildman–Crippen LogP) is 2.90. The van der Waals surface area contributed by atoms with E-state index >= 15 is 0 Å². The van der Waals surface area contributed by atoms with Crippen LogP contribution < -0.4 is 4.74 Å². The van der Waals surface area contributed by atoms with Crippen LogP contribution in [-0.4, -0.2) is 12.9 Å². The molecule has 0 aliphatic heterocycles. The van der Waals surface area contributed by atoms with Crippen LogP contribution in [0.1, 0.15) is 34.8 Å². The van der Waals surface area contributed by atoms with Gasteiger partial charge in [-0.1, -0.05) is 6.92 Å². The summed E-state index contributed by atoms with van der Waals surface area (Å²) in [5.74, 6) is 1.03. The molecule has 1 rings (SSSR count). The third-order valence-electron chi connectivity index (χ3n) is 2.36. The SMILES string of the molecule is CCC(=O)c1cc(C)c(OC)cc1C. The van der Waals surface area contributed by atoms with Crippen molar-refractivity contribution in [2.24, 2.45) is 0 Å². The fourth-order valence-electron chi connectivity index (χ4n) is 1.50. The monoisotopic (exact) mass is 192 g/mol. The van der Waals surface area contributed by atoms with Crippen LogP contribution in [0.25, 0.3) is 0 Å². The summed E-state index contributed by atoms with van der Waals surface area (Å²) in [6.07, 6.45) is 0.548. The van der Waals surface area contributed by atoms with E-state index in [0.29, 0.717) is 6.42 Å². The molecule has 0 heterocycles. The number of Topliss-reactive ketones (excluding diaryl/α,β-unsaturated/α-hetero) is 1. The van der Waals surface area contributed by atoms with Gasteiger partial charge in [0.1, 0.15) is 5.75 Å². The molecular weight excluding hydrogens is 176 g/mol. The molecule has 0 saturated carbocycles. The zero-order valence-corrected chi connectivity index (χ0v) is 9.18. The molecule has 0 spiro atoms. The molecule has 0 radical (unpaired) electrons. The van der Waals surface area contributed by atoms with Gasteiger partial charge in [0.2, 0.25) is 0 Å². The van der Waals surface area contributed by atoms with E-state index in [2.05, 4.69) is 0 Å². The number of benzene rings is 1. The van der Waals surface area contributed by atoms with Gasteiger partial charge in [-0.3, -0.25) is 4.79 Å². The van der Waals surface area contributed by atoms with Crippen LogP contribution in [0.3, 0.4) is 0 Å². The number of ether oxygens (including phenoxy) is 1. The fourth-order valence-corrected chi connectivity index (χ4v) is 1.50. The van der Waals surface area contributed by atoms with Gasteiger partial charge in [0.05, 0.1) is 7.11 Å². The largest absolute Gasteiger partial charge is 0.496 e. The van der Waals surface area contributed by atoms with E-state index in [1.54, 1.807) is 7.11 Å². The van der Waals surface area contributed by atoms with Gasteiger partial charge in [0.15, 0.2) is 5.78 Å². The molecule has 1 aromatic rings. The second kappa shape index (κ2) is 4.27. The lowest BCUT2D eigenvalue weighted by atomic mass is 10.00. The van der Waals surface area contributed by atoms with Gasteiger partial charge in [-0.25, -0.2) is 0 Å². The number of ketones is 1. The Bertz CT molecular complexity index is 354. The lowest BCUT2D eigenvalue weighted by molar-refractivity contribution is 0.0987. The van der Waals surface area contributed by atoms with Crippen molar-refractivity contribution < 1.29 is 9.53 Å². The average Bonchev–Trinajstić information content (AvgIpc) is 2.19. The van der Waals surface area contributed by atoms with Crippen molar-refractivity contribution in [3.63, 3.8) is 0 Å². The molecule has 1 aromatic carbocycles. The highest BCUT2D eigenvalue weighted by atomic mass is 16.5. The van der Waals surface area contributed by atoms with Crippen molar-refractivity contribution in [1.82, 2.24) is 0 Å². The third-order valence-corrected chi connectivity index (χ3v) is 2.36. The van der Waals surface area contributed by atoms with Crippen molar-refractivity contribution in [3.05, 3.63) is 28.8 Å². The first-order chi connectivity index (χ1) is 6.60. The Hall–Kier alpha value is -1.31. The lowest BCUT2D eigenvalue weighted by Gasteiger charge is -2.09. The van der Waals surface area contributed by atoms with Gasteiger partial charge < -0.3 is 4.74 Å². The molecule has 0 bridgehead atoms. The third kappa shape index (κ3) is 1.95. The van der Waals surface area contributed by atoms with E-state index in [1.807, 2.05) is 32.9 Å². The van der Waals surface area contributed by atoms with Crippen LogP contribution in [-0.2, 0) is 0 Å². The second-order valence-corrected chi connectivity index (χ2v) is 3.41. The van der Waals surface area contributed by atoms with Crippen molar-refractivity contribution in [2.75, 3.05) is 7.11 Å². The van der Waals surface area contributed by atoms with E-state index in [1.165, 1.54) is 0 Å². The molecule has 0 N–H and O–H groups in total. The van der Waals surface area contributed by atoms with Gasteiger partial charge in [0, 0.05) is 12.0 Å². The summed E-state index contributed by atoms with van der Waals surface area (Å²) in [5, 5.41) is 0. The van der Waals surface area contributed by atoms with Gasteiger partial charge >= 0.3 is 0 Å². The van der Waals surface area contributed by atoms with Gasteiger partial charge in [-0.2, -0.15) is 0 Å². The summed E-state index contributed by atoms with van der Waals surface area (Å²) in [5.41, 5.74) is 2.81. The smallest absolute Gasteiger partial charge is 0.162 e. The van der Waals surface area contributed by atoms with E-state index in [-0.39, 0.29) is 5.78 Å². The maximum Gasteiger partial charge on any atom is 0.162 e. The highest BCUT2D eigenvalue weighted by Gasteiger charge is 2.09. The molecule has 0 aliphatic rings. The number of hydrogen-bond acceptors (Lipinski definition) is 2. The number of carbonyl (C=O) groups is 1. The summed E-state index contributed by atoms with van der Waals surface area (Å²) in [6.45, 7) is 5.76. The van der Waals surface area contributed by atoms with Gasteiger partial charge in [0.25, 0.3) is 0 Å². The first-order valence-electron chi connectivity index (χ1n) is 4.78. The summed E-state index contributed by atoms with van der Waals surface area (Å²) >= 11 is 0. The van der Waals surface area contributed by atoms with Crippen molar-refractivity contribution >= 4 is 5.78 Å². The number of aryl methyl sites for hydroxylation is 2. The average molecular weight is 192 g/mol. The first kappa shape index (κ1) is 10.8. The fraction of sp³-hybridized carbons (Fsp3) is 0.417. The first-order valence-corrected chi connectivity index (χ1v) is 4.78. The number of methoxy groups -OCH3 is 1. The molecular formula is C12H16O2. The Labute approximate surface area is 84.9 Å². The van der Waals surface area contributed by atoms with Crippen molar-refractivity contribution in [2.45, 2.75) is 27.2 Å². The molecule has 0 unspecified atom stereocenters. The van der Waals surface area contributed by atoms with Crippen molar-refractivity contribution in [3.8, 4) is 5.75 Å². The quantitative estimate of drug-likeness (QED) is 0.688. The Balaban J connectivity index is 3.21. The van der Waals surface area contributed by atoms with E-state index in [9.17, 15) is 4.79 Å². The summed E-state index contributed by atoms with van der Waals surface area (Å²) in [7, 11) is 1.64. The van der Waals surface area contributed by atoms with Crippen LogP contribution in [0.5, 0.6) is 5.75 Å². The predicted molar refractivity (Wildman–Crippen MR) is 57.1 cm³/mol. The highest BCUT2D eigenvalue weighted by Crippen LogP contribution is 2.23. The minimum Gasteiger partial charge on any atom is -0.496 e. The normalized spacial score (nSPS) is 10.0. The van der Waals surface area contributed by atoms with Gasteiger partial charge in [-0.15, -0.1) is 0 Å². The molecule has 14 heavy (non-hydrogen) atoms. The second-order valence-electron chi connectivity index (χ2n) is 3.41. The Morgan fingerprint density at radius 2 is 1.93 bits per heavy atom. The van der Waals surface area contributed by atoms with Crippen LogP contribution in [0.4, 0.5) is 0 Å². The van der Waals surface area contributed by atoms with Crippen LogP contribution in [0, 0.1) is 13.8 Å².